The van der Waals surface area contributed by atoms with Crippen LogP contribution in [0.15, 0.2) is 45.9 Å². The predicted molar refractivity (Wildman–Crippen MR) is 99.4 cm³/mol. The van der Waals surface area contributed by atoms with Crippen LogP contribution in [-0.4, -0.2) is 31.0 Å². The zero-order valence-corrected chi connectivity index (χ0v) is 14.5. The molecule has 0 atom stereocenters. The van der Waals surface area contributed by atoms with Gasteiger partial charge in [0.25, 0.3) is 0 Å². The molecule has 128 valence electrons. The van der Waals surface area contributed by atoms with E-state index >= 15 is 0 Å². The number of hydrogen-bond acceptors (Lipinski definition) is 5. The molecule has 0 saturated heterocycles. The first-order valence-electron chi connectivity index (χ1n) is 8.55. The summed E-state index contributed by atoms with van der Waals surface area (Å²) >= 11 is 0. The Labute approximate surface area is 146 Å². The van der Waals surface area contributed by atoms with Crippen molar-refractivity contribution < 1.29 is 9.15 Å². The fraction of sp³-hybridized carbons (Fsp3) is 0.300. The molecule has 1 aliphatic rings. The molecule has 1 aromatic carbocycles. The van der Waals surface area contributed by atoms with Gasteiger partial charge < -0.3 is 14.5 Å². The Morgan fingerprint density at radius 1 is 1.24 bits per heavy atom. The molecule has 0 amide bonds. The topological polar surface area (TPSA) is 59.7 Å². The second-order valence-corrected chi connectivity index (χ2v) is 6.17. The highest BCUT2D eigenvalue weighted by atomic mass is 16.5. The Morgan fingerprint density at radius 3 is 2.96 bits per heavy atom. The highest BCUT2D eigenvalue weighted by Crippen LogP contribution is 2.36. The molecule has 3 heterocycles. The number of rotatable bonds is 5. The van der Waals surface area contributed by atoms with Crippen LogP contribution in [0.25, 0.3) is 22.3 Å². The van der Waals surface area contributed by atoms with E-state index in [1.165, 1.54) is 0 Å². The lowest BCUT2D eigenvalue weighted by Crippen LogP contribution is -2.19. The van der Waals surface area contributed by atoms with Crippen LogP contribution in [0.3, 0.4) is 0 Å². The van der Waals surface area contributed by atoms with Crippen LogP contribution >= 0.6 is 0 Å². The van der Waals surface area contributed by atoms with Crippen molar-refractivity contribution in [2.45, 2.75) is 19.8 Å². The van der Waals surface area contributed by atoms with E-state index in [4.69, 9.17) is 9.15 Å². The summed E-state index contributed by atoms with van der Waals surface area (Å²) in [4.78, 5) is 9.06. The van der Waals surface area contributed by atoms with Gasteiger partial charge in [-0.25, -0.2) is 0 Å². The molecule has 25 heavy (non-hydrogen) atoms. The van der Waals surface area contributed by atoms with Gasteiger partial charge in [-0.05, 0) is 43.7 Å². The third-order valence-electron chi connectivity index (χ3n) is 4.62. The minimum atomic E-state index is 0.833. The van der Waals surface area contributed by atoms with Crippen molar-refractivity contribution in [2.24, 2.45) is 4.99 Å². The minimum Gasteiger partial charge on any atom is -0.497 e. The van der Waals surface area contributed by atoms with E-state index in [0.717, 1.165) is 71.1 Å². The largest absolute Gasteiger partial charge is 0.497 e. The number of aliphatic imine (C=N–C) groups is 1. The predicted octanol–water partition coefficient (Wildman–Crippen LogP) is 3.75. The lowest BCUT2D eigenvalue weighted by Gasteiger charge is -2.07. The monoisotopic (exact) mass is 335 g/mol. The van der Waals surface area contributed by atoms with Crippen molar-refractivity contribution in [1.82, 2.24) is 10.3 Å². The van der Waals surface area contributed by atoms with Gasteiger partial charge in [0.1, 0.15) is 17.1 Å². The molecule has 1 N–H and O–H groups in total. The van der Waals surface area contributed by atoms with Crippen LogP contribution in [-0.2, 0) is 6.42 Å². The summed E-state index contributed by atoms with van der Waals surface area (Å²) < 4.78 is 11.5. The summed E-state index contributed by atoms with van der Waals surface area (Å²) in [6, 6.07) is 9.93. The summed E-state index contributed by atoms with van der Waals surface area (Å²) in [5.74, 6) is 2.79. The van der Waals surface area contributed by atoms with Crippen molar-refractivity contribution in [3.8, 4) is 17.1 Å². The lowest BCUT2D eigenvalue weighted by molar-refractivity contribution is 0.415. The zero-order valence-electron chi connectivity index (χ0n) is 14.5. The van der Waals surface area contributed by atoms with Crippen LogP contribution in [0, 0.1) is 6.92 Å². The van der Waals surface area contributed by atoms with Crippen molar-refractivity contribution in [1.29, 1.82) is 0 Å². The number of hydrogen-bond donors (Lipinski definition) is 1. The van der Waals surface area contributed by atoms with Gasteiger partial charge >= 0.3 is 0 Å². The molecule has 0 unspecified atom stereocenters. The number of methoxy groups -OCH3 is 1. The Morgan fingerprint density at radius 2 is 2.16 bits per heavy atom. The summed E-state index contributed by atoms with van der Waals surface area (Å²) in [5.41, 5.74) is 4.06. The molecule has 2 aromatic heterocycles. The van der Waals surface area contributed by atoms with Gasteiger partial charge in [0, 0.05) is 35.7 Å². The lowest BCUT2D eigenvalue weighted by atomic mass is 10.0. The second-order valence-electron chi connectivity index (χ2n) is 6.17. The van der Waals surface area contributed by atoms with Crippen LogP contribution in [0.1, 0.15) is 17.7 Å². The average Bonchev–Trinajstić information content (AvgIpc) is 3.28. The normalized spacial score (nSPS) is 13.8. The van der Waals surface area contributed by atoms with Gasteiger partial charge in [0.05, 0.1) is 25.2 Å². The number of aromatic nitrogens is 1. The molecule has 0 aliphatic carbocycles. The standard InChI is InChI=1S/C20H21N3O2/c1-13-16-12-14(24-2)5-7-18(16)25-20(13)15-4-3-9-21-17(15)6-8-19-22-10-11-23-19/h3-5,7,9,12H,6,8,10-11H2,1-2H3,(H,22,23). The number of ether oxygens (including phenoxy) is 1. The van der Waals surface area contributed by atoms with E-state index < -0.39 is 0 Å². The molecule has 0 saturated carbocycles. The summed E-state index contributed by atoms with van der Waals surface area (Å²) in [7, 11) is 1.68. The molecule has 5 nitrogen and oxygen atoms in total. The molecule has 1 aliphatic heterocycles. The van der Waals surface area contributed by atoms with E-state index in [0.29, 0.717) is 0 Å². The van der Waals surface area contributed by atoms with E-state index in [1.807, 2.05) is 30.5 Å². The first-order valence-corrected chi connectivity index (χ1v) is 8.55. The zero-order chi connectivity index (χ0) is 17.2. The van der Waals surface area contributed by atoms with Crippen molar-refractivity contribution in [3.05, 3.63) is 47.8 Å². The fourth-order valence-corrected chi connectivity index (χ4v) is 3.28. The Kier molecular flexibility index (Phi) is 4.14. The van der Waals surface area contributed by atoms with Gasteiger partial charge in [-0.1, -0.05) is 0 Å². The third kappa shape index (κ3) is 2.97. The molecule has 0 radical (unpaired) electrons. The van der Waals surface area contributed by atoms with Gasteiger partial charge in [-0.3, -0.25) is 9.98 Å². The quantitative estimate of drug-likeness (QED) is 0.771. The van der Waals surface area contributed by atoms with E-state index in [1.54, 1.807) is 7.11 Å². The number of amidine groups is 1. The second kappa shape index (κ2) is 6.59. The number of pyridine rings is 1. The number of nitrogens with one attached hydrogen (secondary N) is 1. The molecule has 0 fully saturated rings. The van der Waals surface area contributed by atoms with E-state index in [9.17, 15) is 0 Å². The van der Waals surface area contributed by atoms with Crippen molar-refractivity contribution in [2.75, 3.05) is 20.2 Å². The SMILES string of the molecule is COc1ccc2oc(-c3cccnc3CCC3=NCCN3)c(C)c2c1. The molecule has 5 heteroatoms. The average molecular weight is 335 g/mol. The van der Waals surface area contributed by atoms with Gasteiger partial charge in [-0.15, -0.1) is 0 Å². The Hall–Kier alpha value is -2.82. The number of aryl methyl sites for hydroxylation is 2. The highest BCUT2D eigenvalue weighted by Gasteiger charge is 2.17. The van der Waals surface area contributed by atoms with Crippen LogP contribution < -0.4 is 10.1 Å². The Bertz CT molecular complexity index is 943. The summed E-state index contributed by atoms with van der Waals surface area (Å²) in [6.45, 7) is 3.89. The number of furan rings is 1. The highest BCUT2D eigenvalue weighted by molar-refractivity contribution is 5.89. The maximum absolute atomic E-state index is 6.16. The van der Waals surface area contributed by atoms with Gasteiger partial charge in [0.15, 0.2) is 0 Å². The first-order chi connectivity index (χ1) is 12.3. The minimum absolute atomic E-state index is 0.833. The van der Waals surface area contributed by atoms with Gasteiger partial charge in [-0.2, -0.15) is 0 Å². The molecular weight excluding hydrogens is 314 g/mol. The maximum Gasteiger partial charge on any atom is 0.140 e. The number of fused-ring (bicyclic) bond motifs is 1. The van der Waals surface area contributed by atoms with Crippen molar-refractivity contribution in [3.63, 3.8) is 0 Å². The third-order valence-corrected chi connectivity index (χ3v) is 4.62. The van der Waals surface area contributed by atoms with E-state index in [-0.39, 0.29) is 0 Å². The maximum atomic E-state index is 6.16. The first kappa shape index (κ1) is 15.7. The summed E-state index contributed by atoms with van der Waals surface area (Å²) in [5, 5.41) is 4.39. The molecular formula is C20H21N3O2. The van der Waals surface area contributed by atoms with E-state index in [2.05, 4.69) is 28.3 Å². The van der Waals surface area contributed by atoms with Crippen molar-refractivity contribution >= 4 is 16.8 Å². The van der Waals surface area contributed by atoms with Crippen LogP contribution in [0.5, 0.6) is 5.75 Å². The molecule has 0 bridgehead atoms. The molecule has 0 spiro atoms. The van der Waals surface area contributed by atoms with Crippen LogP contribution in [0.4, 0.5) is 0 Å². The van der Waals surface area contributed by atoms with Crippen LogP contribution in [0.2, 0.25) is 0 Å². The fourth-order valence-electron chi connectivity index (χ4n) is 3.28. The Balaban J connectivity index is 1.71. The number of nitrogens with zero attached hydrogens (tertiary/aromatic N) is 2. The summed E-state index contributed by atoms with van der Waals surface area (Å²) in [6.07, 6.45) is 3.54. The van der Waals surface area contributed by atoms with Gasteiger partial charge in [0.2, 0.25) is 0 Å². The molecule has 3 aromatic rings. The number of benzene rings is 1. The molecule has 4 rings (SSSR count). The smallest absolute Gasteiger partial charge is 0.140 e.